The third kappa shape index (κ3) is 7.16. The number of benzene rings is 3. The van der Waals surface area contributed by atoms with Gasteiger partial charge in [-0.2, -0.15) is 15.0 Å². The highest BCUT2D eigenvalue weighted by Gasteiger charge is 2.23. The van der Waals surface area contributed by atoms with Crippen LogP contribution in [0.2, 0.25) is 0 Å². The summed E-state index contributed by atoms with van der Waals surface area (Å²) >= 11 is 0. The molecule has 0 aliphatic heterocycles. The van der Waals surface area contributed by atoms with Gasteiger partial charge >= 0.3 is 0 Å². The van der Waals surface area contributed by atoms with Crippen molar-refractivity contribution in [2.24, 2.45) is 0 Å². The van der Waals surface area contributed by atoms with E-state index in [2.05, 4.69) is 0 Å². The van der Waals surface area contributed by atoms with Gasteiger partial charge < -0.3 is 44.2 Å². The normalized spacial score (nSPS) is 10.7. The van der Waals surface area contributed by atoms with Crippen LogP contribution in [0.25, 0.3) is 0 Å². The van der Waals surface area contributed by atoms with E-state index in [1.165, 1.54) is 0 Å². The van der Waals surface area contributed by atoms with E-state index in [4.69, 9.17) is 29.2 Å². The van der Waals surface area contributed by atoms with Gasteiger partial charge in [0.2, 0.25) is 17.8 Å². The summed E-state index contributed by atoms with van der Waals surface area (Å²) in [5.41, 5.74) is 2.18. The van der Waals surface area contributed by atoms with E-state index in [0.29, 0.717) is 17.2 Å². The van der Waals surface area contributed by atoms with E-state index in [1.54, 1.807) is 36.0 Å². The Labute approximate surface area is 245 Å². The summed E-state index contributed by atoms with van der Waals surface area (Å²) in [7, 11) is 4.78. The second-order valence-electron chi connectivity index (χ2n) is 8.96. The maximum Gasteiger partial charge on any atom is 0.236 e. The molecule has 4 rings (SSSR count). The Morgan fingerprint density at radius 1 is 0.452 bits per heavy atom. The molecule has 0 aliphatic rings. The SMILES string of the molecule is COc1ccc(N(CCO)c2nc(N(CCO)c3ccc(OC)cc3)nc(N(CCO)c3ccc(OC)cc3)n2)cc1. The fourth-order valence-corrected chi connectivity index (χ4v) is 4.33. The van der Waals surface area contributed by atoms with E-state index in [9.17, 15) is 15.3 Å². The average molecular weight is 577 g/mol. The summed E-state index contributed by atoms with van der Waals surface area (Å²) < 4.78 is 15.9. The molecule has 0 bridgehead atoms. The number of rotatable bonds is 15. The van der Waals surface area contributed by atoms with Crippen molar-refractivity contribution in [3.63, 3.8) is 0 Å². The van der Waals surface area contributed by atoms with Crippen molar-refractivity contribution in [2.45, 2.75) is 0 Å². The quantitative estimate of drug-likeness (QED) is 0.192. The molecule has 0 aliphatic carbocycles. The fourth-order valence-electron chi connectivity index (χ4n) is 4.33. The molecule has 4 aromatic rings. The molecule has 222 valence electrons. The first-order valence-corrected chi connectivity index (χ1v) is 13.4. The lowest BCUT2D eigenvalue weighted by molar-refractivity contribution is 0.304. The molecule has 42 heavy (non-hydrogen) atoms. The first kappa shape index (κ1) is 30.3. The van der Waals surface area contributed by atoms with Crippen molar-refractivity contribution in [3.05, 3.63) is 72.8 Å². The van der Waals surface area contributed by atoms with Crippen molar-refractivity contribution < 1.29 is 29.5 Å². The maximum atomic E-state index is 9.99. The molecule has 3 aromatic carbocycles. The molecule has 0 saturated carbocycles. The van der Waals surface area contributed by atoms with Gasteiger partial charge in [0, 0.05) is 36.7 Å². The van der Waals surface area contributed by atoms with Gasteiger partial charge in [0.05, 0.1) is 41.2 Å². The van der Waals surface area contributed by atoms with Crippen LogP contribution in [0.4, 0.5) is 34.9 Å². The van der Waals surface area contributed by atoms with Crippen molar-refractivity contribution in [1.29, 1.82) is 0 Å². The predicted molar refractivity (Wildman–Crippen MR) is 161 cm³/mol. The lowest BCUT2D eigenvalue weighted by Crippen LogP contribution is -2.30. The van der Waals surface area contributed by atoms with Crippen LogP contribution in [0, 0.1) is 0 Å². The zero-order valence-electron chi connectivity index (χ0n) is 23.9. The van der Waals surface area contributed by atoms with Crippen molar-refractivity contribution in [2.75, 3.05) is 75.5 Å². The van der Waals surface area contributed by atoms with Gasteiger partial charge in [0.25, 0.3) is 0 Å². The minimum absolute atomic E-state index is 0.167. The minimum atomic E-state index is -0.167. The van der Waals surface area contributed by atoms with Crippen LogP contribution in [-0.2, 0) is 0 Å². The molecule has 1 aromatic heterocycles. The van der Waals surface area contributed by atoms with E-state index < -0.39 is 0 Å². The Kier molecular flexibility index (Phi) is 10.7. The van der Waals surface area contributed by atoms with E-state index in [0.717, 1.165) is 17.1 Å². The van der Waals surface area contributed by atoms with Gasteiger partial charge in [0.1, 0.15) is 17.2 Å². The molecular weight excluding hydrogens is 540 g/mol. The molecular formula is C30H36N6O6. The highest BCUT2D eigenvalue weighted by molar-refractivity contribution is 5.67. The van der Waals surface area contributed by atoms with Crippen molar-refractivity contribution in [1.82, 2.24) is 15.0 Å². The zero-order valence-corrected chi connectivity index (χ0v) is 23.9. The first-order valence-electron chi connectivity index (χ1n) is 13.4. The maximum absolute atomic E-state index is 9.99. The third-order valence-electron chi connectivity index (χ3n) is 6.45. The summed E-state index contributed by atoms with van der Waals surface area (Å²) in [6, 6.07) is 22.0. The largest absolute Gasteiger partial charge is 0.497 e. The third-order valence-corrected chi connectivity index (χ3v) is 6.45. The van der Waals surface area contributed by atoms with Crippen LogP contribution in [0.15, 0.2) is 72.8 Å². The molecule has 3 N–H and O–H groups in total. The molecule has 0 amide bonds. The lowest BCUT2D eigenvalue weighted by atomic mass is 10.2. The Morgan fingerprint density at radius 3 is 0.881 bits per heavy atom. The zero-order chi connectivity index (χ0) is 29.9. The van der Waals surface area contributed by atoms with Crippen molar-refractivity contribution in [3.8, 4) is 17.2 Å². The Morgan fingerprint density at radius 2 is 0.690 bits per heavy atom. The average Bonchev–Trinajstić information content (AvgIpc) is 3.05. The number of aliphatic hydroxyl groups is 3. The van der Waals surface area contributed by atoms with Gasteiger partial charge in [-0.3, -0.25) is 0 Å². The van der Waals surface area contributed by atoms with Crippen LogP contribution >= 0.6 is 0 Å². The number of aliphatic hydroxyl groups excluding tert-OH is 3. The molecule has 0 fully saturated rings. The van der Waals surface area contributed by atoms with Crippen LogP contribution < -0.4 is 28.9 Å². The summed E-state index contributed by atoms with van der Waals surface area (Å²) in [6.07, 6.45) is 0. The van der Waals surface area contributed by atoms with Gasteiger partial charge in [0.15, 0.2) is 0 Å². The molecule has 0 unspecified atom stereocenters. The number of hydrogen-bond donors (Lipinski definition) is 3. The highest BCUT2D eigenvalue weighted by atomic mass is 16.5. The summed E-state index contributed by atoms with van der Waals surface area (Å²) in [5, 5.41) is 30.0. The van der Waals surface area contributed by atoms with Crippen LogP contribution in [0.1, 0.15) is 0 Å². The van der Waals surface area contributed by atoms with E-state index in [-0.39, 0.29) is 57.3 Å². The topological polar surface area (TPSA) is 137 Å². The number of anilines is 6. The summed E-state index contributed by atoms with van der Waals surface area (Å²) in [5.74, 6) is 2.84. The number of nitrogens with zero attached hydrogens (tertiary/aromatic N) is 6. The first-order chi connectivity index (χ1) is 20.5. The lowest BCUT2D eigenvalue weighted by Gasteiger charge is -2.29. The Hall–Kier alpha value is -4.65. The smallest absolute Gasteiger partial charge is 0.236 e. The summed E-state index contributed by atoms with van der Waals surface area (Å²) in [6.45, 7) is 0.0843. The van der Waals surface area contributed by atoms with E-state index >= 15 is 0 Å². The minimum Gasteiger partial charge on any atom is -0.497 e. The molecule has 1 heterocycles. The molecule has 0 radical (unpaired) electrons. The molecule has 12 heteroatoms. The predicted octanol–water partition coefficient (Wildman–Crippen LogP) is 3.29. The van der Waals surface area contributed by atoms with Crippen LogP contribution in [-0.4, -0.2) is 91.1 Å². The molecule has 0 spiro atoms. The summed E-state index contributed by atoms with van der Waals surface area (Å²) in [4.78, 5) is 19.7. The van der Waals surface area contributed by atoms with E-state index in [1.807, 2.05) is 72.8 Å². The molecule has 0 atom stereocenters. The Balaban J connectivity index is 1.90. The second-order valence-corrected chi connectivity index (χ2v) is 8.96. The Bertz CT molecular complexity index is 1210. The fraction of sp³-hybridized carbons (Fsp3) is 0.300. The van der Waals surface area contributed by atoms with Gasteiger partial charge in [-0.1, -0.05) is 0 Å². The standard InChI is InChI=1S/C30H36N6O6/c1-40-25-10-4-22(5-11-25)34(16-19-37)28-31-29(35(17-20-38)23-6-12-26(41-2)13-7-23)33-30(32-28)36(18-21-39)24-8-14-27(42-3)15-9-24/h4-15,37-39H,16-21H2,1-3H3. The van der Waals surface area contributed by atoms with Crippen LogP contribution in [0.3, 0.4) is 0 Å². The second kappa shape index (κ2) is 14.8. The van der Waals surface area contributed by atoms with Gasteiger partial charge in [-0.25, -0.2) is 0 Å². The molecule has 12 nitrogen and oxygen atoms in total. The number of ether oxygens (including phenoxy) is 3. The monoisotopic (exact) mass is 576 g/mol. The van der Waals surface area contributed by atoms with Gasteiger partial charge in [-0.15, -0.1) is 0 Å². The number of methoxy groups -OCH3 is 3. The van der Waals surface area contributed by atoms with Crippen molar-refractivity contribution >= 4 is 34.9 Å². The van der Waals surface area contributed by atoms with Crippen LogP contribution in [0.5, 0.6) is 17.2 Å². The number of aromatic nitrogens is 3. The molecule has 0 saturated heterocycles. The number of hydrogen-bond acceptors (Lipinski definition) is 12. The van der Waals surface area contributed by atoms with Gasteiger partial charge in [-0.05, 0) is 72.8 Å². The highest BCUT2D eigenvalue weighted by Crippen LogP contribution is 2.32.